The summed E-state index contributed by atoms with van der Waals surface area (Å²) in [7, 11) is 1.89. The minimum atomic E-state index is -0.423. The number of hydrogen-bond acceptors (Lipinski definition) is 3. The Bertz CT molecular complexity index is 738. The molecule has 1 aromatic heterocycles. The number of anilines is 1. The van der Waals surface area contributed by atoms with Crippen LogP contribution in [0.2, 0.25) is 0 Å². The highest BCUT2D eigenvalue weighted by atomic mass is 16.4. The predicted octanol–water partition coefficient (Wildman–Crippen LogP) is 2.83. The Morgan fingerprint density at radius 3 is 2.50 bits per heavy atom. The average molecular weight is 240 g/mol. The number of H-pyrrole nitrogens is 1. The maximum Gasteiger partial charge on any atom is 0.417 e. The van der Waals surface area contributed by atoms with Crippen LogP contribution in [0.3, 0.4) is 0 Å². The summed E-state index contributed by atoms with van der Waals surface area (Å²) in [5, 5.41) is 3.08. The van der Waals surface area contributed by atoms with Crippen LogP contribution >= 0.6 is 0 Å². The lowest BCUT2D eigenvalue weighted by Gasteiger charge is -2.03. The van der Waals surface area contributed by atoms with E-state index in [1.165, 1.54) is 0 Å². The topological polar surface area (TPSA) is 58.0 Å². The summed E-state index contributed by atoms with van der Waals surface area (Å²) >= 11 is 0. The van der Waals surface area contributed by atoms with Crippen molar-refractivity contribution in [2.24, 2.45) is 0 Å². The largest absolute Gasteiger partial charge is 0.417 e. The van der Waals surface area contributed by atoms with Crippen molar-refractivity contribution in [1.82, 2.24) is 4.98 Å². The van der Waals surface area contributed by atoms with Crippen molar-refractivity contribution in [3.8, 4) is 11.1 Å². The molecule has 18 heavy (non-hydrogen) atoms. The molecule has 0 unspecified atom stereocenters. The molecule has 0 saturated carbocycles. The molecule has 0 aliphatic carbocycles. The standard InChI is InChI=1S/C14H12N2O2/c1-15-11-5-2-9(3-6-11)10-4-7-13-12(8-10)16-14(17)18-13/h2-8,15H,1H3,(H,16,17). The second-order valence-electron chi connectivity index (χ2n) is 4.05. The number of fused-ring (bicyclic) bond motifs is 1. The lowest BCUT2D eigenvalue weighted by Crippen LogP contribution is -1.92. The molecule has 3 aromatic rings. The minimum Gasteiger partial charge on any atom is -0.408 e. The zero-order valence-electron chi connectivity index (χ0n) is 9.86. The molecule has 0 saturated heterocycles. The fourth-order valence-electron chi connectivity index (χ4n) is 1.96. The van der Waals surface area contributed by atoms with Crippen LogP contribution in [-0.4, -0.2) is 12.0 Å². The van der Waals surface area contributed by atoms with E-state index in [2.05, 4.69) is 10.3 Å². The SMILES string of the molecule is CNc1ccc(-c2ccc3oc(=O)[nH]c3c2)cc1. The molecular formula is C14H12N2O2. The van der Waals surface area contributed by atoms with E-state index in [9.17, 15) is 4.79 Å². The molecule has 2 aromatic carbocycles. The van der Waals surface area contributed by atoms with Crippen LogP contribution in [0.4, 0.5) is 5.69 Å². The second kappa shape index (κ2) is 4.07. The van der Waals surface area contributed by atoms with E-state index >= 15 is 0 Å². The van der Waals surface area contributed by atoms with Crippen LogP contribution in [0, 0.1) is 0 Å². The summed E-state index contributed by atoms with van der Waals surface area (Å²) < 4.78 is 4.97. The molecule has 2 N–H and O–H groups in total. The molecule has 4 nitrogen and oxygen atoms in total. The van der Waals surface area contributed by atoms with Crippen molar-refractivity contribution in [2.45, 2.75) is 0 Å². The summed E-state index contributed by atoms with van der Waals surface area (Å²) in [6.07, 6.45) is 0. The van der Waals surface area contributed by atoms with Gasteiger partial charge in [-0.25, -0.2) is 4.79 Å². The lowest BCUT2D eigenvalue weighted by molar-refractivity contribution is 0.555. The molecule has 4 heteroatoms. The summed E-state index contributed by atoms with van der Waals surface area (Å²) in [5.74, 6) is -0.423. The highest BCUT2D eigenvalue weighted by Crippen LogP contribution is 2.24. The lowest BCUT2D eigenvalue weighted by atomic mass is 10.1. The highest BCUT2D eigenvalue weighted by Gasteiger charge is 2.03. The first-order chi connectivity index (χ1) is 8.76. The summed E-state index contributed by atoms with van der Waals surface area (Å²) in [5.41, 5.74) is 4.50. The predicted molar refractivity (Wildman–Crippen MR) is 71.8 cm³/mol. The van der Waals surface area contributed by atoms with Gasteiger partial charge in [-0.1, -0.05) is 18.2 Å². The molecule has 0 spiro atoms. The Hall–Kier alpha value is -2.49. The van der Waals surface area contributed by atoms with Gasteiger partial charge in [0.15, 0.2) is 5.58 Å². The Kier molecular flexibility index (Phi) is 2.41. The van der Waals surface area contributed by atoms with Crippen LogP contribution in [0.1, 0.15) is 0 Å². The molecule has 3 rings (SSSR count). The van der Waals surface area contributed by atoms with Gasteiger partial charge in [0.05, 0.1) is 5.52 Å². The van der Waals surface area contributed by atoms with Crippen LogP contribution in [0.5, 0.6) is 0 Å². The fraction of sp³-hybridized carbons (Fsp3) is 0.0714. The molecule has 1 heterocycles. The first kappa shape index (κ1) is 10.7. The van der Waals surface area contributed by atoms with Gasteiger partial charge >= 0.3 is 5.76 Å². The van der Waals surface area contributed by atoms with Crippen LogP contribution in [-0.2, 0) is 0 Å². The molecule has 0 bridgehead atoms. The van der Waals surface area contributed by atoms with Crippen molar-refractivity contribution in [1.29, 1.82) is 0 Å². The van der Waals surface area contributed by atoms with Gasteiger partial charge < -0.3 is 9.73 Å². The molecule has 0 aliphatic heterocycles. The van der Waals surface area contributed by atoms with E-state index in [1.54, 1.807) is 6.07 Å². The fourth-order valence-corrected chi connectivity index (χ4v) is 1.96. The number of aromatic nitrogens is 1. The molecule has 0 radical (unpaired) electrons. The number of aromatic amines is 1. The van der Waals surface area contributed by atoms with Crippen LogP contribution in [0.25, 0.3) is 22.2 Å². The summed E-state index contributed by atoms with van der Waals surface area (Å²) in [4.78, 5) is 13.7. The number of hydrogen-bond donors (Lipinski definition) is 2. The molecule has 0 aliphatic rings. The second-order valence-corrected chi connectivity index (χ2v) is 4.05. The maximum atomic E-state index is 11.1. The molecule has 0 amide bonds. The summed E-state index contributed by atoms with van der Waals surface area (Å²) in [6.45, 7) is 0. The number of oxazole rings is 1. The Morgan fingerprint density at radius 1 is 1.06 bits per heavy atom. The van der Waals surface area contributed by atoms with Gasteiger partial charge in [-0.3, -0.25) is 4.98 Å². The Morgan fingerprint density at radius 2 is 1.78 bits per heavy atom. The Labute approximate surface area is 103 Å². The smallest absolute Gasteiger partial charge is 0.408 e. The first-order valence-corrected chi connectivity index (χ1v) is 5.67. The third kappa shape index (κ3) is 1.78. The van der Waals surface area contributed by atoms with Crippen molar-refractivity contribution in [3.05, 3.63) is 53.0 Å². The first-order valence-electron chi connectivity index (χ1n) is 5.67. The molecule has 0 atom stereocenters. The average Bonchev–Trinajstić information content (AvgIpc) is 2.78. The van der Waals surface area contributed by atoms with E-state index in [4.69, 9.17) is 4.42 Å². The zero-order valence-corrected chi connectivity index (χ0v) is 9.86. The van der Waals surface area contributed by atoms with Gasteiger partial charge in [-0.15, -0.1) is 0 Å². The monoisotopic (exact) mass is 240 g/mol. The number of rotatable bonds is 2. The van der Waals surface area contributed by atoms with Crippen LogP contribution in [0.15, 0.2) is 51.7 Å². The minimum absolute atomic E-state index is 0.423. The zero-order chi connectivity index (χ0) is 12.5. The van der Waals surface area contributed by atoms with E-state index in [0.717, 1.165) is 22.3 Å². The van der Waals surface area contributed by atoms with E-state index < -0.39 is 5.76 Å². The third-order valence-electron chi connectivity index (χ3n) is 2.93. The van der Waals surface area contributed by atoms with Gasteiger partial charge in [0.25, 0.3) is 0 Å². The van der Waals surface area contributed by atoms with Crippen molar-refractivity contribution in [3.63, 3.8) is 0 Å². The Balaban J connectivity index is 2.09. The van der Waals surface area contributed by atoms with E-state index in [-0.39, 0.29) is 0 Å². The van der Waals surface area contributed by atoms with Gasteiger partial charge in [0.2, 0.25) is 0 Å². The summed E-state index contributed by atoms with van der Waals surface area (Å²) in [6, 6.07) is 13.7. The molecule has 90 valence electrons. The third-order valence-corrected chi connectivity index (χ3v) is 2.93. The van der Waals surface area contributed by atoms with Crippen molar-refractivity contribution in [2.75, 3.05) is 12.4 Å². The van der Waals surface area contributed by atoms with Crippen LogP contribution < -0.4 is 11.1 Å². The van der Waals surface area contributed by atoms with Crippen molar-refractivity contribution < 1.29 is 4.42 Å². The number of nitrogens with one attached hydrogen (secondary N) is 2. The van der Waals surface area contributed by atoms with Gasteiger partial charge in [-0.05, 0) is 35.4 Å². The molecular weight excluding hydrogens is 228 g/mol. The highest BCUT2D eigenvalue weighted by molar-refractivity contribution is 5.80. The van der Waals surface area contributed by atoms with E-state index in [0.29, 0.717) is 5.58 Å². The van der Waals surface area contributed by atoms with Gasteiger partial charge in [0.1, 0.15) is 0 Å². The quantitative estimate of drug-likeness (QED) is 0.724. The number of benzene rings is 2. The van der Waals surface area contributed by atoms with Gasteiger partial charge in [-0.2, -0.15) is 0 Å². The van der Waals surface area contributed by atoms with Crippen molar-refractivity contribution >= 4 is 16.8 Å². The maximum absolute atomic E-state index is 11.1. The molecule has 0 fully saturated rings. The normalized spacial score (nSPS) is 10.7. The van der Waals surface area contributed by atoms with Gasteiger partial charge in [0, 0.05) is 12.7 Å². The van der Waals surface area contributed by atoms with E-state index in [1.807, 2.05) is 43.4 Å².